The maximum absolute atomic E-state index is 6.44. The zero-order valence-electron chi connectivity index (χ0n) is 13.1. The van der Waals surface area contributed by atoms with Crippen molar-refractivity contribution in [2.75, 3.05) is 0 Å². The van der Waals surface area contributed by atoms with Crippen molar-refractivity contribution in [1.29, 1.82) is 0 Å². The van der Waals surface area contributed by atoms with Gasteiger partial charge in [0.05, 0.1) is 0 Å². The second kappa shape index (κ2) is 6.62. The van der Waals surface area contributed by atoms with Crippen LogP contribution >= 0.6 is 18.8 Å². The zero-order valence-corrected chi connectivity index (χ0v) is 16.7. The monoisotopic (exact) mass is 348 g/mol. The second-order valence-electron chi connectivity index (χ2n) is 6.42. The van der Waals surface area contributed by atoms with E-state index in [1.54, 1.807) is 4.54 Å². The SMILES string of the molecule is C[Si](C)(C(=PCl)[Si](C)(C)c1ccccc1)c1ccccc1. The molecule has 0 amide bonds. The van der Waals surface area contributed by atoms with Crippen molar-refractivity contribution in [3.63, 3.8) is 0 Å². The Morgan fingerprint density at radius 1 is 0.714 bits per heavy atom. The van der Waals surface area contributed by atoms with Gasteiger partial charge in [-0.1, -0.05) is 108 Å². The summed E-state index contributed by atoms with van der Waals surface area (Å²) in [6, 6.07) is 21.8. The summed E-state index contributed by atoms with van der Waals surface area (Å²) < 4.78 is 1.59. The predicted molar refractivity (Wildman–Crippen MR) is 105 cm³/mol. The Balaban J connectivity index is 2.50. The summed E-state index contributed by atoms with van der Waals surface area (Å²) in [4.78, 5) is 0. The molecule has 0 heterocycles. The first kappa shape index (κ1) is 16.7. The maximum atomic E-state index is 6.44. The van der Waals surface area contributed by atoms with Crippen LogP contribution in [0.5, 0.6) is 0 Å². The average molecular weight is 349 g/mol. The molecule has 0 spiro atoms. The summed E-state index contributed by atoms with van der Waals surface area (Å²) in [5.41, 5.74) is 0. The second-order valence-corrected chi connectivity index (χ2v) is 17.5. The number of benzene rings is 2. The lowest BCUT2D eigenvalue weighted by atomic mass is 10.4. The third kappa shape index (κ3) is 3.40. The first-order valence-electron chi connectivity index (χ1n) is 7.21. The Morgan fingerprint density at radius 3 is 1.33 bits per heavy atom. The Labute approximate surface area is 136 Å². The van der Waals surface area contributed by atoms with Gasteiger partial charge in [0.1, 0.15) is 16.1 Å². The summed E-state index contributed by atoms with van der Waals surface area (Å²) >= 11 is 6.44. The Morgan fingerprint density at radius 2 is 1.05 bits per heavy atom. The van der Waals surface area contributed by atoms with E-state index in [1.807, 2.05) is 0 Å². The van der Waals surface area contributed by atoms with Crippen LogP contribution in [-0.2, 0) is 0 Å². The van der Waals surface area contributed by atoms with E-state index in [1.165, 1.54) is 10.4 Å². The smallest absolute Gasteiger partial charge is 0.0626 e. The first-order valence-corrected chi connectivity index (χ1v) is 15.0. The van der Waals surface area contributed by atoms with Crippen molar-refractivity contribution in [2.24, 2.45) is 0 Å². The van der Waals surface area contributed by atoms with Crippen LogP contribution in [0.2, 0.25) is 26.2 Å². The highest BCUT2D eigenvalue weighted by Gasteiger charge is 2.40. The molecule has 0 saturated carbocycles. The molecule has 0 N–H and O–H groups in total. The molecule has 0 radical (unpaired) electrons. The molecule has 0 aliphatic heterocycles. The van der Waals surface area contributed by atoms with Gasteiger partial charge >= 0.3 is 0 Å². The van der Waals surface area contributed by atoms with E-state index in [2.05, 4.69) is 86.9 Å². The molecule has 0 bridgehead atoms. The lowest BCUT2D eigenvalue weighted by Gasteiger charge is -2.36. The van der Waals surface area contributed by atoms with E-state index in [9.17, 15) is 0 Å². The normalized spacial score (nSPS) is 12.4. The molecule has 4 heteroatoms. The first-order chi connectivity index (χ1) is 9.90. The van der Waals surface area contributed by atoms with E-state index in [0.29, 0.717) is 0 Å². The van der Waals surface area contributed by atoms with E-state index in [0.717, 1.165) is 7.56 Å². The number of halogens is 1. The minimum atomic E-state index is -1.69. The molecule has 0 unspecified atom stereocenters. The van der Waals surface area contributed by atoms with Crippen molar-refractivity contribution in [3.05, 3.63) is 60.7 Å². The van der Waals surface area contributed by atoms with Gasteiger partial charge in [0.2, 0.25) is 0 Å². The van der Waals surface area contributed by atoms with Crippen LogP contribution in [-0.4, -0.2) is 20.7 Å². The summed E-state index contributed by atoms with van der Waals surface area (Å²) in [5, 5.41) is 2.95. The molecule has 2 rings (SSSR count). The molecule has 110 valence electrons. The highest BCUT2D eigenvalue weighted by atomic mass is 35.7. The van der Waals surface area contributed by atoms with Crippen LogP contribution in [0.4, 0.5) is 0 Å². The van der Waals surface area contributed by atoms with Crippen LogP contribution < -0.4 is 10.4 Å². The van der Waals surface area contributed by atoms with Crippen LogP contribution in [0.1, 0.15) is 0 Å². The number of hydrogen-bond donors (Lipinski definition) is 0. The molecule has 2 aromatic rings. The maximum Gasteiger partial charge on any atom is 0.110 e. The topological polar surface area (TPSA) is 0 Å². The van der Waals surface area contributed by atoms with Crippen molar-refractivity contribution >= 4 is 49.9 Å². The minimum Gasteiger partial charge on any atom is -0.0626 e. The summed E-state index contributed by atoms with van der Waals surface area (Å²) in [5.74, 6) is 0. The molecular formula is C17H22ClPSi2. The van der Waals surface area contributed by atoms with Crippen molar-refractivity contribution in [2.45, 2.75) is 26.2 Å². The van der Waals surface area contributed by atoms with E-state index >= 15 is 0 Å². The largest absolute Gasteiger partial charge is 0.110 e. The van der Waals surface area contributed by atoms with Crippen molar-refractivity contribution in [3.8, 4) is 0 Å². The van der Waals surface area contributed by atoms with Crippen molar-refractivity contribution < 1.29 is 0 Å². The van der Waals surface area contributed by atoms with Gasteiger partial charge in [-0.05, 0) is 12.1 Å². The summed E-state index contributed by atoms with van der Waals surface area (Å²) in [7, 11) is -2.44. The summed E-state index contributed by atoms with van der Waals surface area (Å²) in [6.07, 6.45) is 0. The molecule has 0 aliphatic rings. The zero-order chi connectivity index (χ0) is 15.5. The van der Waals surface area contributed by atoms with Gasteiger partial charge in [-0.2, -0.15) is 0 Å². The van der Waals surface area contributed by atoms with Gasteiger partial charge in [-0.15, -0.1) is 0 Å². The van der Waals surface area contributed by atoms with Crippen LogP contribution in [0.15, 0.2) is 60.7 Å². The highest BCUT2D eigenvalue weighted by Crippen LogP contribution is 2.24. The highest BCUT2D eigenvalue weighted by molar-refractivity contribution is 7.81. The van der Waals surface area contributed by atoms with Crippen molar-refractivity contribution in [1.82, 2.24) is 0 Å². The van der Waals surface area contributed by atoms with E-state index in [4.69, 9.17) is 11.2 Å². The molecule has 0 saturated heterocycles. The van der Waals surface area contributed by atoms with E-state index in [-0.39, 0.29) is 0 Å². The number of rotatable bonds is 4. The quantitative estimate of drug-likeness (QED) is 0.561. The van der Waals surface area contributed by atoms with Gasteiger partial charge in [-0.25, -0.2) is 0 Å². The molecule has 21 heavy (non-hydrogen) atoms. The van der Waals surface area contributed by atoms with Crippen LogP contribution in [0.25, 0.3) is 0 Å². The van der Waals surface area contributed by atoms with E-state index < -0.39 is 16.1 Å². The third-order valence-electron chi connectivity index (χ3n) is 4.26. The van der Waals surface area contributed by atoms with Gasteiger partial charge in [-0.3, -0.25) is 0 Å². The fourth-order valence-corrected chi connectivity index (χ4v) is 19.0. The third-order valence-corrected chi connectivity index (χ3v) is 19.5. The Kier molecular flexibility index (Phi) is 5.26. The van der Waals surface area contributed by atoms with Crippen LogP contribution in [0.3, 0.4) is 0 Å². The predicted octanol–water partition coefficient (Wildman–Crippen LogP) is 4.57. The lowest BCUT2D eigenvalue weighted by molar-refractivity contribution is 1.71. The Bertz CT molecular complexity index is 568. The molecule has 0 aliphatic carbocycles. The van der Waals surface area contributed by atoms with Gasteiger partial charge in [0.15, 0.2) is 0 Å². The Hall–Kier alpha value is -0.666. The van der Waals surface area contributed by atoms with Gasteiger partial charge < -0.3 is 0 Å². The van der Waals surface area contributed by atoms with Crippen LogP contribution in [0, 0.1) is 0 Å². The van der Waals surface area contributed by atoms with Gasteiger partial charge in [0.25, 0.3) is 0 Å². The minimum absolute atomic E-state index is 0.950. The molecule has 0 nitrogen and oxygen atoms in total. The fraction of sp³-hybridized carbons (Fsp3) is 0.235. The average Bonchev–Trinajstić information content (AvgIpc) is 2.49. The molecular weight excluding hydrogens is 327 g/mol. The standard InChI is InChI=1S/C17H22ClPSi2/c1-20(2,15-11-7-5-8-12-15)17(19-18)21(3,4)16-13-9-6-10-14-16/h5-14H,1-4H3. The lowest BCUT2D eigenvalue weighted by Crippen LogP contribution is -2.63. The summed E-state index contributed by atoms with van der Waals surface area (Å²) in [6.45, 7) is 9.74. The fourth-order valence-electron chi connectivity index (χ4n) is 2.98. The molecule has 0 atom stereocenters. The molecule has 2 aromatic carbocycles. The number of hydrogen-bond acceptors (Lipinski definition) is 0. The van der Waals surface area contributed by atoms with Gasteiger partial charge in [0, 0.05) is 0 Å². The molecule has 0 fully saturated rings. The molecule has 0 aromatic heterocycles.